The number of nitrogens with one attached hydrogen (secondary N) is 1. The molecule has 6 heteroatoms. The second-order valence-electron chi connectivity index (χ2n) is 5.10. The molecule has 0 amide bonds. The first kappa shape index (κ1) is 11.3. The van der Waals surface area contributed by atoms with Gasteiger partial charge in [-0.25, -0.2) is 9.50 Å². The number of nitrogens with zero attached hydrogens (tertiary/aromatic N) is 4. The maximum absolute atomic E-state index is 11.9. The molecule has 0 aliphatic heterocycles. The number of Topliss-reactive ketones (excluding diaryl/α,β-unsaturated/α-hetero) is 1. The van der Waals surface area contributed by atoms with Gasteiger partial charge in [-0.1, -0.05) is 6.07 Å². The van der Waals surface area contributed by atoms with Crippen LogP contribution in [0.15, 0.2) is 30.5 Å². The maximum Gasteiger partial charge on any atom is 0.159 e. The van der Waals surface area contributed by atoms with Gasteiger partial charge in [0.25, 0.3) is 0 Å². The third kappa shape index (κ3) is 1.89. The van der Waals surface area contributed by atoms with E-state index in [2.05, 4.69) is 20.3 Å². The Balaban J connectivity index is 1.75. The molecule has 4 rings (SSSR count). The van der Waals surface area contributed by atoms with E-state index in [-0.39, 0.29) is 11.7 Å². The Morgan fingerprint density at radius 1 is 1.35 bits per heavy atom. The van der Waals surface area contributed by atoms with Gasteiger partial charge in [-0.05, 0) is 31.0 Å². The van der Waals surface area contributed by atoms with E-state index in [0.717, 1.165) is 29.9 Å². The smallest absolute Gasteiger partial charge is 0.159 e. The highest BCUT2D eigenvalue weighted by atomic mass is 16.1. The van der Waals surface area contributed by atoms with E-state index in [1.165, 1.54) is 0 Å². The Kier molecular flexibility index (Phi) is 2.42. The standard InChI is InChI=1S/C14H13N5O/c20-12(9-4-5-9)8-13-16-14-3-1-2-11(19(14)18-13)10-6-7-15-17-10/h1-3,6-7,9H,4-5,8H2,(H,15,17). The summed E-state index contributed by atoms with van der Waals surface area (Å²) in [6.07, 6.45) is 4.06. The molecule has 0 radical (unpaired) electrons. The van der Waals surface area contributed by atoms with Crippen LogP contribution in [0.25, 0.3) is 17.0 Å². The number of carbonyl (C=O) groups excluding carboxylic acids is 1. The molecule has 1 N–H and O–H groups in total. The zero-order valence-corrected chi connectivity index (χ0v) is 10.8. The minimum Gasteiger partial charge on any atom is -0.299 e. The van der Waals surface area contributed by atoms with Crippen molar-refractivity contribution in [1.82, 2.24) is 24.8 Å². The highest BCUT2D eigenvalue weighted by Gasteiger charge is 2.30. The van der Waals surface area contributed by atoms with Crippen LogP contribution in [0.1, 0.15) is 18.7 Å². The molecule has 1 aliphatic rings. The fourth-order valence-corrected chi connectivity index (χ4v) is 2.33. The lowest BCUT2D eigenvalue weighted by Gasteiger charge is -1.99. The summed E-state index contributed by atoms with van der Waals surface area (Å²) in [7, 11) is 0. The van der Waals surface area contributed by atoms with Gasteiger partial charge in [0, 0.05) is 12.1 Å². The number of aromatic nitrogens is 5. The van der Waals surface area contributed by atoms with Gasteiger partial charge in [0.05, 0.1) is 17.8 Å². The molecule has 0 spiro atoms. The Morgan fingerprint density at radius 3 is 3.00 bits per heavy atom. The third-order valence-electron chi connectivity index (χ3n) is 3.55. The average molecular weight is 267 g/mol. The summed E-state index contributed by atoms with van der Waals surface area (Å²) in [6.45, 7) is 0. The maximum atomic E-state index is 11.9. The molecule has 0 unspecified atom stereocenters. The summed E-state index contributed by atoms with van der Waals surface area (Å²) in [6, 6.07) is 7.64. The summed E-state index contributed by atoms with van der Waals surface area (Å²) in [5, 5.41) is 11.3. The Morgan fingerprint density at radius 2 is 2.25 bits per heavy atom. The van der Waals surface area contributed by atoms with E-state index in [0.29, 0.717) is 12.2 Å². The minimum absolute atomic E-state index is 0.244. The molecule has 20 heavy (non-hydrogen) atoms. The number of H-pyrrole nitrogens is 1. The molecule has 0 aromatic carbocycles. The lowest BCUT2D eigenvalue weighted by atomic mass is 10.2. The van der Waals surface area contributed by atoms with Gasteiger partial charge < -0.3 is 0 Å². The van der Waals surface area contributed by atoms with Gasteiger partial charge in [-0.3, -0.25) is 9.89 Å². The van der Waals surface area contributed by atoms with Crippen LogP contribution in [0.2, 0.25) is 0 Å². The molecule has 3 aromatic heterocycles. The van der Waals surface area contributed by atoms with Crippen LogP contribution in [0, 0.1) is 5.92 Å². The summed E-state index contributed by atoms with van der Waals surface area (Å²) in [5.74, 6) is 1.09. The number of ketones is 1. The summed E-state index contributed by atoms with van der Waals surface area (Å²) >= 11 is 0. The zero-order valence-electron chi connectivity index (χ0n) is 10.8. The third-order valence-corrected chi connectivity index (χ3v) is 3.55. The van der Waals surface area contributed by atoms with Crippen LogP contribution in [0.5, 0.6) is 0 Å². The van der Waals surface area contributed by atoms with E-state index in [1.807, 2.05) is 24.3 Å². The Labute approximate surface area is 114 Å². The highest BCUT2D eigenvalue weighted by Crippen LogP contribution is 2.30. The van der Waals surface area contributed by atoms with E-state index >= 15 is 0 Å². The summed E-state index contributed by atoms with van der Waals surface area (Å²) in [5.41, 5.74) is 2.51. The number of hydrogen-bond acceptors (Lipinski definition) is 4. The van der Waals surface area contributed by atoms with Gasteiger partial charge in [0.1, 0.15) is 5.78 Å². The highest BCUT2D eigenvalue weighted by molar-refractivity contribution is 5.84. The SMILES string of the molecule is O=C(Cc1nc2cccc(-c3ccn[nH]3)n2n1)C1CC1. The molecule has 100 valence electrons. The monoisotopic (exact) mass is 267 g/mol. The van der Waals surface area contributed by atoms with Crippen LogP contribution in [0.4, 0.5) is 0 Å². The van der Waals surface area contributed by atoms with E-state index in [9.17, 15) is 4.79 Å². The average Bonchev–Trinajstić information content (AvgIpc) is 3.00. The molecule has 1 aliphatic carbocycles. The van der Waals surface area contributed by atoms with Crippen molar-refractivity contribution in [2.45, 2.75) is 19.3 Å². The number of rotatable bonds is 4. The predicted octanol–water partition coefficient (Wildman–Crippen LogP) is 1.64. The quantitative estimate of drug-likeness (QED) is 0.779. The molecule has 3 aromatic rings. The summed E-state index contributed by atoms with van der Waals surface area (Å²) in [4.78, 5) is 16.3. The Hall–Kier alpha value is -2.50. The normalized spacial score (nSPS) is 14.8. The van der Waals surface area contributed by atoms with Crippen molar-refractivity contribution in [3.05, 3.63) is 36.3 Å². The first-order chi connectivity index (χ1) is 9.81. The fourth-order valence-electron chi connectivity index (χ4n) is 2.33. The number of pyridine rings is 1. The van der Waals surface area contributed by atoms with E-state index in [4.69, 9.17) is 0 Å². The van der Waals surface area contributed by atoms with E-state index < -0.39 is 0 Å². The second kappa shape index (κ2) is 4.26. The molecule has 0 bridgehead atoms. The molecular weight excluding hydrogens is 254 g/mol. The van der Waals surface area contributed by atoms with Crippen molar-refractivity contribution in [3.8, 4) is 11.4 Å². The van der Waals surface area contributed by atoms with Gasteiger partial charge in [-0.2, -0.15) is 10.2 Å². The Bertz CT molecular complexity index is 770. The first-order valence-electron chi connectivity index (χ1n) is 6.68. The first-order valence-corrected chi connectivity index (χ1v) is 6.68. The van der Waals surface area contributed by atoms with Crippen molar-refractivity contribution in [2.24, 2.45) is 5.92 Å². The predicted molar refractivity (Wildman–Crippen MR) is 72.0 cm³/mol. The van der Waals surface area contributed by atoms with Crippen molar-refractivity contribution < 1.29 is 4.79 Å². The van der Waals surface area contributed by atoms with Gasteiger partial charge >= 0.3 is 0 Å². The molecule has 6 nitrogen and oxygen atoms in total. The molecule has 3 heterocycles. The molecule has 1 saturated carbocycles. The van der Waals surface area contributed by atoms with Gasteiger partial charge in [-0.15, -0.1) is 0 Å². The van der Waals surface area contributed by atoms with Crippen molar-refractivity contribution in [3.63, 3.8) is 0 Å². The second-order valence-corrected chi connectivity index (χ2v) is 5.10. The number of hydrogen-bond donors (Lipinski definition) is 1. The molecule has 0 saturated heterocycles. The van der Waals surface area contributed by atoms with Gasteiger partial charge in [0.15, 0.2) is 11.5 Å². The topological polar surface area (TPSA) is 75.9 Å². The van der Waals surface area contributed by atoms with Crippen molar-refractivity contribution >= 4 is 11.4 Å². The van der Waals surface area contributed by atoms with Crippen LogP contribution < -0.4 is 0 Å². The summed E-state index contributed by atoms with van der Waals surface area (Å²) < 4.78 is 1.75. The van der Waals surface area contributed by atoms with Crippen LogP contribution in [-0.4, -0.2) is 30.6 Å². The minimum atomic E-state index is 0.244. The van der Waals surface area contributed by atoms with Crippen LogP contribution in [0.3, 0.4) is 0 Å². The zero-order chi connectivity index (χ0) is 13.5. The lowest BCUT2D eigenvalue weighted by molar-refractivity contribution is -0.119. The van der Waals surface area contributed by atoms with Crippen molar-refractivity contribution in [2.75, 3.05) is 0 Å². The number of carbonyl (C=O) groups is 1. The largest absolute Gasteiger partial charge is 0.299 e. The molecule has 0 atom stereocenters. The van der Waals surface area contributed by atoms with Crippen LogP contribution in [-0.2, 0) is 11.2 Å². The number of fused-ring (bicyclic) bond motifs is 1. The molecular formula is C14H13N5O. The van der Waals surface area contributed by atoms with Crippen molar-refractivity contribution in [1.29, 1.82) is 0 Å². The lowest BCUT2D eigenvalue weighted by Crippen LogP contribution is -2.06. The number of aromatic amines is 1. The fraction of sp³-hybridized carbons (Fsp3) is 0.286. The van der Waals surface area contributed by atoms with E-state index in [1.54, 1.807) is 10.7 Å². The van der Waals surface area contributed by atoms with Crippen LogP contribution >= 0.6 is 0 Å². The van der Waals surface area contributed by atoms with Gasteiger partial charge in [0.2, 0.25) is 0 Å². The molecule has 1 fully saturated rings.